The number of alkyl halides is 3. The number of pyridine rings is 1. The van der Waals surface area contributed by atoms with Gasteiger partial charge in [-0.05, 0) is 54.1 Å². The SMILES string of the molecule is O=C(Nc1cc(-c2ccc3ncnn3c2)cc2c1[C@H](c1cc(F)cc(F)c1Cl)NC2=O)c1cc(F)cc(C(F)(F)F)c1. The molecule has 0 fully saturated rings. The standard InChI is InChI=1S/C28H14ClF6N5O2/c29-24-19(8-17(31)9-20(24)32)25-23-18(27(42)39-25)5-13(12-1-2-22-36-11-37-40(22)10-12)6-21(23)38-26(41)14-3-15(28(33,34)35)7-16(30)4-14/h1-11,25H,(H,38,41)(H,39,42)/t25-/m0/s1. The fraction of sp³-hybridized carbons (Fsp3) is 0.0714. The molecule has 0 saturated heterocycles. The Bertz CT molecular complexity index is 1940. The highest BCUT2D eigenvalue weighted by molar-refractivity contribution is 6.31. The maximum Gasteiger partial charge on any atom is 0.416 e. The molecule has 42 heavy (non-hydrogen) atoms. The van der Waals surface area contributed by atoms with Crippen molar-refractivity contribution in [1.29, 1.82) is 0 Å². The first-order chi connectivity index (χ1) is 19.9. The van der Waals surface area contributed by atoms with Crippen LogP contribution in [0.5, 0.6) is 0 Å². The number of aromatic nitrogens is 3. The first-order valence-corrected chi connectivity index (χ1v) is 12.4. The van der Waals surface area contributed by atoms with Gasteiger partial charge < -0.3 is 10.6 Å². The zero-order valence-electron chi connectivity index (χ0n) is 20.7. The van der Waals surface area contributed by atoms with Gasteiger partial charge in [-0.1, -0.05) is 11.6 Å². The lowest BCUT2D eigenvalue weighted by Gasteiger charge is -2.19. The number of fused-ring (bicyclic) bond motifs is 2. The predicted molar refractivity (Wildman–Crippen MR) is 138 cm³/mol. The summed E-state index contributed by atoms with van der Waals surface area (Å²) in [5.74, 6) is -5.21. The summed E-state index contributed by atoms with van der Waals surface area (Å²) in [6.45, 7) is 0. The minimum absolute atomic E-state index is 0.0116. The monoisotopic (exact) mass is 601 g/mol. The average Bonchev–Trinajstić information content (AvgIpc) is 3.53. The number of benzene rings is 3. The van der Waals surface area contributed by atoms with Gasteiger partial charge in [0, 0.05) is 45.8 Å². The van der Waals surface area contributed by atoms with E-state index >= 15 is 0 Å². The largest absolute Gasteiger partial charge is 0.416 e. The number of carbonyl (C=O) groups is 2. The van der Waals surface area contributed by atoms with E-state index in [1.165, 1.54) is 23.0 Å². The molecular weight excluding hydrogens is 588 g/mol. The first-order valence-electron chi connectivity index (χ1n) is 12.0. The minimum Gasteiger partial charge on any atom is -0.341 e. The van der Waals surface area contributed by atoms with E-state index < -0.39 is 57.6 Å². The third-order valence-corrected chi connectivity index (χ3v) is 7.06. The van der Waals surface area contributed by atoms with Crippen molar-refractivity contribution in [3.8, 4) is 11.1 Å². The Balaban J connectivity index is 1.52. The number of nitrogens with zero attached hydrogens (tertiary/aromatic N) is 3. The number of halogens is 7. The van der Waals surface area contributed by atoms with E-state index in [4.69, 9.17) is 11.6 Å². The molecule has 0 unspecified atom stereocenters. The second-order valence-corrected chi connectivity index (χ2v) is 9.72. The van der Waals surface area contributed by atoms with Crippen LogP contribution < -0.4 is 10.6 Å². The first kappa shape index (κ1) is 27.3. The lowest BCUT2D eigenvalue weighted by molar-refractivity contribution is -0.137. The molecule has 1 atom stereocenters. The molecule has 0 spiro atoms. The summed E-state index contributed by atoms with van der Waals surface area (Å²) < 4.78 is 84.0. The predicted octanol–water partition coefficient (Wildman–Crippen LogP) is 6.57. The average molecular weight is 602 g/mol. The van der Waals surface area contributed by atoms with E-state index in [1.807, 2.05) is 0 Å². The van der Waals surface area contributed by atoms with Crippen LogP contribution in [0.25, 0.3) is 16.8 Å². The number of hydrogen-bond acceptors (Lipinski definition) is 4. The molecule has 2 amide bonds. The van der Waals surface area contributed by atoms with Gasteiger partial charge in [-0.25, -0.2) is 22.7 Å². The second kappa shape index (κ2) is 9.87. The molecule has 1 aliphatic rings. The van der Waals surface area contributed by atoms with E-state index in [0.29, 0.717) is 35.0 Å². The highest BCUT2D eigenvalue weighted by Gasteiger charge is 2.36. The Morgan fingerprint density at radius 2 is 1.74 bits per heavy atom. The molecule has 0 radical (unpaired) electrons. The Kier molecular flexibility index (Phi) is 6.41. The van der Waals surface area contributed by atoms with Crippen molar-refractivity contribution in [2.24, 2.45) is 0 Å². The van der Waals surface area contributed by atoms with Crippen molar-refractivity contribution in [1.82, 2.24) is 19.9 Å². The van der Waals surface area contributed by atoms with Crippen molar-refractivity contribution in [3.63, 3.8) is 0 Å². The Morgan fingerprint density at radius 3 is 2.50 bits per heavy atom. The van der Waals surface area contributed by atoms with Gasteiger partial charge in [0.2, 0.25) is 0 Å². The number of carbonyl (C=O) groups excluding carboxylic acids is 2. The van der Waals surface area contributed by atoms with Crippen LogP contribution in [0.4, 0.5) is 32.0 Å². The molecule has 14 heteroatoms. The molecule has 2 aromatic heterocycles. The smallest absolute Gasteiger partial charge is 0.341 e. The summed E-state index contributed by atoms with van der Waals surface area (Å²) in [7, 11) is 0. The van der Waals surface area contributed by atoms with Gasteiger partial charge in [-0.3, -0.25) is 9.59 Å². The zero-order valence-corrected chi connectivity index (χ0v) is 21.5. The number of amides is 2. The molecule has 3 aromatic carbocycles. The fourth-order valence-corrected chi connectivity index (χ4v) is 5.01. The Hall–Kier alpha value is -4.91. The summed E-state index contributed by atoms with van der Waals surface area (Å²) in [5.41, 5.74) is -0.904. The number of hydrogen-bond donors (Lipinski definition) is 2. The van der Waals surface area contributed by atoms with E-state index in [1.54, 1.807) is 18.3 Å². The van der Waals surface area contributed by atoms with E-state index in [-0.39, 0.29) is 28.4 Å². The quantitative estimate of drug-likeness (QED) is 0.180. The highest BCUT2D eigenvalue weighted by Crippen LogP contribution is 2.42. The van der Waals surface area contributed by atoms with Crippen LogP contribution in [0.3, 0.4) is 0 Å². The van der Waals surface area contributed by atoms with Gasteiger partial charge in [0.1, 0.15) is 23.8 Å². The van der Waals surface area contributed by atoms with Crippen LogP contribution in [-0.2, 0) is 6.18 Å². The Morgan fingerprint density at radius 1 is 0.976 bits per heavy atom. The van der Waals surface area contributed by atoms with Crippen molar-refractivity contribution >= 4 is 34.7 Å². The number of anilines is 1. The van der Waals surface area contributed by atoms with Crippen LogP contribution in [0.2, 0.25) is 5.02 Å². The second-order valence-electron chi connectivity index (χ2n) is 9.34. The molecule has 1 aliphatic heterocycles. The third-order valence-electron chi connectivity index (χ3n) is 6.66. The van der Waals surface area contributed by atoms with Gasteiger partial charge in [0.15, 0.2) is 5.65 Å². The minimum atomic E-state index is -4.93. The lowest BCUT2D eigenvalue weighted by Crippen LogP contribution is -2.21. The summed E-state index contributed by atoms with van der Waals surface area (Å²) in [6, 6.07) is 7.71. The number of rotatable bonds is 4. The van der Waals surface area contributed by atoms with Crippen LogP contribution in [0, 0.1) is 17.5 Å². The van der Waals surface area contributed by atoms with Crippen molar-refractivity contribution in [2.75, 3.05) is 5.32 Å². The highest BCUT2D eigenvalue weighted by atomic mass is 35.5. The molecule has 0 saturated carbocycles. The fourth-order valence-electron chi connectivity index (χ4n) is 4.79. The van der Waals surface area contributed by atoms with Gasteiger partial charge in [-0.2, -0.15) is 18.3 Å². The third kappa shape index (κ3) is 4.81. The van der Waals surface area contributed by atoms with E-state index in [2.05, 4.69) is 20.7 Å². The summed E-state index contributed by atoms with van der Waals surface area (Å²) in [4.78, 5) is 30.4. The van der Waals surface area contributed by atoms with E-state index in [9.17, 15) is 35.9 Å². The van der Waals surface area contributed by atoms with Gasteiger partial charge in [0.05, 0.1) is 16.6 Å². The van der Waals surface area contributed by atoms with Crippen LogP contribution in [0.1, 0.15) is 43.4 Å². The molecule has 3 heterocycles. The molecule has 2 N–H and O–H groups in total. The van der Waals surface area contributed by atoms with Gasteiger partial charge >= 0.3 is 6.18 Å². The summed E-state index contributed by atoms with van der Waals surface area (Å²) in [6.07, 6.45) is -2.03. The molecular formula is C28H14ClF6N5O2. The number of nitrogens with one attached hydrogen (secondary N) is 2. The molecule has 212 valence electrons. The van der Waals surface area contributed by atoms with Crippen LogP contribution in [0.15, 0.2) is 67.1 Å². The van der Waals surface area contributed by atoms with Crippen molar-refractivity contribution in [3.05, 3.63) is 117 Å². The van der Waals surface area contributed by atoms with Gasteiger partial charge in [0.25, 0.3) is 11.8 Å². The van der Waals surface area contributed by atoms with Crippen LogP contribution in [-0.4, -0.2) is 26.4 Å². The summed E-state index contributed by atoms with van der Waals surface area (Å²) in [5, 5.41) is 8.59. The maximum atomic E-state index is 14.4. The molecule has 6 rings (SSSR count). The maximum absolute atomic E-state index is 14.4. The Labute approximate surface area is 236 Å². The lowest BCUT2D eigenvalue weighted by atomic mass is 9.92. The molecule has 7 nitrogen and oxygen atoms in total. The topological polar surface area (TPSA) is 88.4 Å². The zero-order chi connectivity index (χ0) is 29.9. The normalized spacial score (nSPS) is 14.6. The van der Waals surface area contributed by atoms with Crippen molar-refractivity contribution in [2.45, 2.75) is 12.2 Å². The van der Waals surface area contributed by atoms with E-state index in [0.717, 1.165) is 6.07 Å². The van der Waals surface area contributed by atoms with Crippen molar-refractivity contribution < 1.29 is 35.9 Å². The summed E-state index contributed by atoms with van der Waals surface area (Å²) >= 11 is 6.12. The van der Waals surface area contributed by atoms with Crippen LogP contribution >= 0.6 is 11.6 Å². The molecule has 0 aliphatic carbocycles. The molecule has 5 aromatic rings. The van der Waals surface area contributed by atoms with Gasteiger partial charge in [-0.15, -0.1) is 0 Å². The molecule has 0 bridgehead atoms.